The van der Waals surface area contributed by atoms with Gasteiger partial charge >= 0.3 is 0 Å². The van der Waals surface area contributed by atoms with E-state index in [4.69, 9.17) is 9.47 Å². The standard InChI is InChI=1S/C13H20BrNO3/c1-2-17-8-7-15-9-12(16)10-18-13-5-3-11(14)4-6-13/h3-6,12,15-16H,2,7-10H2,1H3. The molecule has 2 N–H and O–H groups in total. The summed E-state index contributed by atoms with van der Waals surface area (Å²) in [6.07, 6.45) is -0.518. The minimum atomic E-state index is -0.518. The molecule has 4 nitrogen and oxygen atoms in total. The van der Waals surface area contributed by atoms with Crippen molar-refractivity contribution >= 4 is 15.9 Å². The molecular formula is C13H20BrNO3. The van der Waals surface area contributed by atoms with Gasteiger partial charge in [0.05, 0.1) is 6.61 Å². The number of hydrogen-bond acceptors (Lipinski definition) is 4. The zero-order valence-corrected chi connectivity index (χ0v) is 12.1. The van der Waals surface area contributed by atoms with Crippen LogP contribution in [0.5, 0.6) is 5.75 Å². The maximum absolute atomic E-state index is 9.68. The number of ether oxygens (including phenoxy) is 2. The Morgan fingerprint density at radius 1 is 1.33 bits per heavy atom. The van der Waals surface area contributed by atoms with E-state index < -0.39 is 6.10 Å². The van der Waals surface area contributed by atoms with Gasteiger partial charge in [-0.2, -0.15) is 0 Å². The van der Waals surface area contributed by atoms with Crippen LogP contribution < -0.4 is 10.1 Å². The molecule has 0 aliphatic carbocycles. The minimum absolute atomic E-state index is 0.281. The van der Waals surface area contributed by atoms with E-state index in [0.717, 1.165) is 23.4 Å². The van der Waals surface area contributed by atoms with Crippen LogP contribution in [0.25, 0.3) is 0 Å². The first-order valence-electron chi connectivity index (χ1n) is 6.07. The van der Waals surface area contributed by atoms with Gasteiger partial charge in [-0.25, -0.2) is 0 Å². The fourth-order valence-electron chi connectivity index (χ4n) is 1.34. The van der Waals surface area contributed by atoms with Crippen LogP contribution in [0, 0.1) is 0 Å². The smallest absolute Gasteiger partial charge is 0.119 e. The molecule has 0 saturated heterocycles. The fraction of sp³-hybridized carbons (Fsp3) is 0.538. The Labute approximate surface area is 116 Å². The molecule has 0 saturated carbocycles. The second-order valence-corrected chi connectivity index (χ2v) is 4.74. The lowest BCUT2D eigenvalue weighted by molar-refractivity contribution is 0.100. The SMILES string of the molecule is CCOCCNCC(O)COc1ccc(Br)cc1. The molecule has 0 fully saturated rings. The molecule has 0 aliphatic rings. The number of hydrogen-bond donors (Lipinski definition) is 2. The first kappa shape index (κ1) is 15.4. The highest BCUT2D eigenvalue weighted by Crippen LogP contribution is 2.16. The number of rotatable bonds is 9. The lowest BCUT2D eigenvalue weighted by atomic mass is 10.3. The van der Waals surface area contributed by atoms with Crippen molar-refractivity contribution in [3.63, 3.8) is 0 Å². The third-order valence-electron chi connectivity index (χ3n) is 2.26. The predicted octanol–water partition coefficient (Wildman–Crippen LogP) is 1.81. The molecule has 0 radical (unpaired) electrons. The third kappa shape index (κ3) is 6.96. The number of aliphatic hydroxyl groups excluding tert-OH is 1. The summed E-state index contributed by atoms with van der Waals surface area (Å²) in [7, 11) is 0. The molecule has 5 heteroatoms. The summed E-state index contributed by atoms with van der Waals surface area (Å²) in [4.78, 5) is 0. The van der Waals surface area contributed by atoms with Gasteiger partial charge in [0.25, 0.3) is 0 Å². The summed E-state index contributed by atoms with van der Waals surface area (Å²) < 4.78 is 11.6. The van der Waals surface area contributed by atoms with Gasteiger partial charge in [0.1, 0.15) is 18.5 Å². The maximum Gasteiger partial charge on any atom is 0.119 e. The van der Waals surface area contributed by atoms with Crippen LogP contribution in [0.4, 0.5) is 0 Å². The lowest BCUT2D eigenvalue weighted by Gasteiger charge is -2.13. The molecule has 0 bridgehead atoms. The Bertz CT molecular complexity index is 319. The topological polar surface area (TPSA) is 50.7 Å². The largest absolute Gasteiger partial charge is 0.491 e. The quantitative estimate of drug-likeness (QED) is 0.682. The monoisotopic (exact) mass is 317 g/mol. The normalized spacial score (nSPS) is 12.4. The van der Waals surface area contributed by atoms with E-state index in [9.17, 15) is 5.11 Å². The highest BCUT2D eigenvalue weighted by molar-refractivity contribution is 9.10. The molecule has 0 spiro atoms. The summed E-state index contributed by atoms with van der Waals surface area (Å²) in [6, 6.07) is 7.53. The molecule has 0 aromatic heterocycles. The van der Waals surface area contributed by atoms with Gasteiger partial charge in [0, 0.05) is 24.2 Å². The van der Waals surface area contributed by atoms with E-state index in [1.54, 1.807) is 0 Å². The summed E-state index contributed by atoms with van der Waals surface area (Å²) in [6.45, 7) is 4.87. The van der Waals surface area contributed by atoms with Gasteiger partial charge in [0.2, 0.25) is 0 Å². The van der Waals surface area contributed by atoms with E-state index in [-0.39, 0.29) is 6.61 Å². The van der Waals surface area contributed by atoms with Gasteiger partial charge in [-0.3, -0.25) is 0 Å². The molecule has 102 valence electrons. The van der Waals surface area contributed by atoms with Crippen LogP contribution >= 0.6 is 15.9 Å². The van der Waals surface area contributed by atoms with Gasteiger partial charge in [-0.15, -0.1) is 0 Å². The molecule has 1 rings (SSSR count). The molecule has 0 amide bonds. The molecule has 18 heavy (non-hydrogen) atoms. The first-order chi connectivity index (χ1) is 8.72. The Morgan fingerprint density at radius 3 is 2.72 bits per heavy atom. The average Bonchev–Trinajstić information content (AvgIpc) is 2.38. The van der Waals surface area contributed by atoms with Crippen molar-refractivity contribution in [2.75, 3.05) is 32.9 Å². The third-order valence-corrected chi connectivity index (χ3v) is 2.79. The van der Waals surface area contributed by atoms with Crippen molar-refractivity contribution in [3.8, 4) is 5.75 Å². The van der Waals surface area contributed by atoms with Crippen molar-refractivity contribution < 1.29 is 14.6 Å². The highest BCUT2D eigenvalue weighted by Gasteiger charge is 2.04. The molecule has 0 aliphatic heterocycles. The molecule has 1 unspecified atom stereocenters. The van der Waals surface area contributed by atoms with Crippen molar-refractivity contribution in [2.45, 2.75) is 13.0 Å². The van der Waals surface area contributed by atoms with E-state index in [0.29, 0.717) is 13.2 Å². The van der Waals surface area contributed by atoms with Crippen LogP contribution in [0.3, 0.4) is 0 Å². The summed E-state index contributed by atoms with van der Waals surface area (Å²) in [5.74, 6) is 0.756. The van der Waals surface area contributed by atoms with Crippen molar-refractivity contribution in [2.24, 2.45) is 0 Å². The highest BCUT2D eigenvalue weighted by atomic mass is 79.9. The van der Waals surface area contributed by atoms with Crippen LogP contribution in [0.1, 0.15) is 6.92 Å². The Kier molecular flexibility index (Phi) is 8.00. The Morgan fingerprint density at radius 2 is 2.06 bits per heavy atom. The molecule has 0 heterocycles. The van der Waals surface area contributed by atoms with Crippen LogP contribution in [0.2, 0.25) is 0 Å². The Balaban J connectivity index is 2.09. The van der Waals surface area contributed by atoms with E-state index in [1.165, 1.54) is 0 Å². The van der Waals surface area contributed by atoms with Crippen molar-refractivity contribution in [3.05, 3.63) is 28.7 Å². The van der Waals surface area contributed by atoms with Crippen molar-refractivity contribution in [1.82, 2.24) is 5.32 Å². The average molecular weight is 318 g/mol. The van der Waals surface area contributed by atoms with Gasteiger partial charge in [-0.05, 0) is 31.2 Å². The fourth-order valence-corrected chi connectivity index (χ4v) is 1.60. The van der Waals surface area contributed by atoms with Gasteiger partial charge < -0.3 is 19.9 Å². The van der Waals surface area contributed by atoms with Gasteiger partial charge in [-0.1, -0.05) is 15.9 Å². The van der Waals surface area contributed by atoms with E-state index >= 15 is 0 Å². The molecule has 1 atom stereocenters. The van der Waals surface area contributed by atoms with Crippen LogP contribution in [-0.4, -0.2) is 44.1 Å². The zero-order valence-electron chi connectivity index (χ0n) is 10.6. The summed E-state index contributed by atoms with van der Waals surface area (Å²) >= 11 is 3.35. The number of halogens is 1. The predicted molar refractivity (Wildman–Crippen MR) is 75.0 cm³/mol. The lowest BCUT2D eigenvalue weighted by Crippen LogP contribution is -2.33. The maximum atomic E-state index is 9.68. The van der Waals surface area contributed by atoms with E-state index in [2.05, 4.69) is 21.2 Å². The number of benzene rings is 1. The van der Waals surface area contributed by atoms with E-state index in [1.807, 2.05) is 31.2 Å². The van der Waals surface area contributed by atoms with Crippen LogP contribution in [0.15, 0.2) is 28.7 Å². The van der Waals surface area contributed by atoms with Gasteiger partial charge in [0.15, 0.2) is 0 Å². The first-order valence-corrected chi connectivity index (χ1v) is 6.86. The number of aliphatic hydroxyl groups is 1. The summed E-state index contributed by atoms with van der Waals surface area (Å²) in [5, 5.41) is 12.8. The second-order valence-electron chi connectivity index (χ2n) is 3.82. The summed E-state index contributed by atoms with van der Waals surface area (Å²) in [5.41, 5.74) is 0. The second kappa shape index (κ2) is 9.33. The number of nitrogens with one attached hydrogen (secondary N) is 1. The van der Waals surface area contributed by atoms with Crippen molar-refractivity contribution in [1.29, 1.82) is 0 Å². The zero-order chi connectivity index (χ0) is 13.2. The molecule has 1 aromatic rings. The molecule has 1 aromatic carbocycles. The van der Waals surface area contributed by atoms with Crippen LogP contribution in [-0.2, 0) is 4.74 Å². The minimum Gasteiger partial charge on any atom is -0.491 e. The Hall–Kier alpha value is -0.620. The molecular weight excluding hydrogens is 298 g/mol.